The van der Waals surface area contributed by atoms with Crippen LogP contribution in [0.2, 0.25) is 0 Å². The van der Waals surface area contributed by atoms with Crippen molar-refractivity contribution in [3.8, 4) is 11.5 Å². The monoisotopic (exact) mass is 510 g/mol. The summed E-state index contributed by atoms with van der Waals surface area (Å²) in [5.41, 5.74) is 7.81. The van der Waals surface area contributed by atoms with Crippen LogP contribution in [0.3, 0.4) is 0 Å². The van der Waals surface area contributed by atoms with Crippen LogP contribution in [-0.4, -0.2) is 5.97 Å². The third kappa shape index (κ3) is 3.74. The van der Waals surface area contributed by atoms with Crippen molar-refractivity contribution in [2.75, 3.05) is 10.6 Å². The molecule has 0 aliphatic carbocycles. The van der Waals surface area contributed by atoms with E-state index in [0.29, 0.717) is 17.1 Å². The second-order valence-corrected chi connectivity index (χ2v) is 10.1. The summed E-state index contributed by atoms with van der Waals surface area (Å²) in [5, 5.41) is 6.98. The van der Waals surface area contributed by atoms with Crippen LogP contribution in [-0.2, 0) is 10.3 Å². The summed E-state index contributed by atoms with van der Waals surface area (Å²) in [7, 11) is 0. The number of para-hydroxylation sites is 1. The summed E-state index contributed by atoms with van der Waals surface area (Å²) in [6, 6.07) is 35.9. The maximum Gasteiger partial charge on any atom is 0.340 e. The predicted molar refractivity (Wildman–Crippen MR) is 154 cm³/mol. The zero-order chi connectivity index (χ0) is 26.6. The van der Waals surface area contributed by atoms with E-state index >= 15 is 0 Å². The molecule has 1 unspecified atom stereocenters. The second-order valence-electron chi connectivity index (χ2n) is 10.1. The van der Waals surface area contributed by atoms with Gasteiger partial charge in [-0.05, 0) is 74.0 Å². The number of aryl methyl sites for hydroxylation is 2. The topological polar surface area (TPSA) is 59.6 Å². The van der Waals surface area contributed by atoms with E-state index in [0.717, 1.165) is 45.0 Å². The SMILES string of the molecule is Cc1ccc(Nc2ccc3c(c2)Oc2cc(C)c(Nc4ccccc4)cc2C32OC(=O)c3ccccc32)cc1. The Hall–Kier alpha value is -5.03. The molecule has 190 valence electrons. The lowest BCUT2D eigenvalue weighted by atomic mass is 9.77. The van der Waals surface area contributed by atoms with Crippen LogP contribution in [0.15, 0.2) is 109 Å². The highest BCUT2D eigenvalue weighted by atomic mass is 16.6. The fourth-order valence-electron chi connectivity index (χ4n) is 5.51. The Bertz CT molecular complexity index is 1750. The Balaban J connectivity index is 1.39. The number of rotatable bonds is 4. The molecule has 1 atom stereocenters. The molecule has 0 fully saturated rings. The Morgan fingerprint density at radius 2 is 1.31 bits per heavy atom. The number of carbonyl (C=O) groups is 1. The number of anilines is 4. The number of nitrogens with one attached hydrogen (secondary N) is 2. The molecule has 5 heteroatoms. The summed E-state index contributed by atoms with van der Waals surface area (Å²) in [6.07, 6.45) is 0. The molecule has 39 heavy (non-hydrogen) atoms. The first-order chi connectivity index (χ1) is 19.0. The van der Waals surface area contributed by atoms with Gasteiger partial charge in [-0.25, -0.2) is 4.79 Å². The van der Waals surface area contributed by atoms with Crippen LogP contribution in [0, 0.1) is 13.8 Å². The standard InChI is InChI=1S/C34H26N2O3/c1-21-12-14-24(15-13-21)35-25-16-17-28-32(19-25)38-31-18-22(2)30(36-23-8-4-3-5-9-23)20-29(31)34(28)27-11-7-6-10-26(27)33(37)39-34/h3-20,35-36H,1-2H3. The number of esters is 1. The van der Waals surface area contributed by atoms with E-state index in [4.69, 9.17) is 9.47 Å². The lowest BCUT2D eigenvalue weighted by Gasteiger charge is -2.37. The molecular formula is C34H26N2O3. The molecule has 0 aromatic heterocycles. The van der Waals surface area contributed by atoms with Crippen molar-refractivity contribution in [3.05, 3.63) is 143 Å². The quantitative estimate of drug-likeness (QED) is 0.238. The van der Waals surface area contributed by atoms with E-state index in [1.165, 1.54) is 5.56 Å². The minimum absolute atomic E-state index is 0.343. The molecule has 5 nitrogen and oxygen atoms in total. The molecule has 0 amide bonds. The van der Waals surface area contributed by atoms with Gasteiger partial charge in [0.15, 0.2) is 5.60 Å². The van der Waals surface area contributed by atoms with Gasteiger partial charge in [0, 0.05) is 45.5 Å². The highest BCUT2D eigenvalue weighted by molar-refractivity contribution is 5.97. The van der Waals surface area contributed by atoms with E-state index in [-0.39, 0.29) is 5.97 Å². The summed E-state index contributed by atoms with van der Waals surface area (Å²) >= 11 is 0. The van der Waals surface area contributed by atoms with Crippen molar-refractivity contribution in [1.29, 1.82) is 0 Å². The summed E-state index contributed by atoms with van der Waals surface area (Å²) in [6.45, 7) is 4.11. The van der Waals surface area contributed by atoms with E-state index in [2.05, 4.69) is 35.8 Å². The fraction of sp³-hybridized carbons (Fsp3) is 0.0882. The molecule has 7 rings (SSSR count). The average molecular weight is 511 g/mol. The minimum Gasteiger partial charge on any atom is -0.456 e. The fourth-order valence-corrected chi connectivity index (χ4v) is 5.51. The van der Waals surface area contributed by atoms with Crippen LogP contribution in [0.5, 0.6) is 11.5 Å². The number of benzene rings is 5. The molecule has 0 bridgehead atoms. The zero-order valence-corrected chi connectivity index (χ0v) is 21.6. The van der Waals surface area contributed by atoms with Gasteiger partial charge in [0.1, 0.15) is 11.5 Å². The van der Waals surface area contributed by atoms with Crippen LogP contribution < -0.4 is 15.4 Å². The molecule has 5 aromatic carbocycles. The molecule has 0 saturated carbocycles. The lowest BCUT2D eigenvalue weighted by Crippen LogP contribution is -2.33. The molecule has 2 aliphatic rings. The average Bonchev–Trinajstić information content (AvgIpc) is 3.24. The number of hydrogen-bond acceptors (Lipinski definition) is 5. The maximum atomic E-state index is 13.2. The molecule has 0 saturated heterocycles. The van der Waals surface area contributed by atoms with Crippen molar-refractivity contribution < 1.29 is 14.3 Å². The van der Waals surface area contributed by atoms with Crippen molar-refractivity contribution in [2.24, 2.45) is 0 Å². The van der Waals surface area contributed by atoms with Gasteiger partial charge >= 0.3 is 5.97 Å². The number of ether oxygens (including phenoxy) is 2. The molecule has 1 spiro atoms. The first-order valence-electron chi connectivity index (χ1n) is 13.0. The van der Waals surface area contributed by atoms with E-state index < -0.39 is 5.60 Å². The summed E-state index contributed by atoms with van der Waals surface area (Å²) in [4.78, 5) is 13.2. The Labute approximate surface area is 227 Å². The van der Waals surface area contributed by atoms with Crippen LogP contribution in [0.25, 0.3) is 0 Å². The van der Waals surface area contributed by atoms with E-state index in [1.54, 1.807) is 0 Å². The third-order valence-corrected chi connectivity index (χ3v) is 7.45. The second kappa shape index (κ2) is 8.77. The zero-order valence-electron chi connectivity index (χ0n) is 21.6. The largest absolute Gasteiger partial charge is 0.456 e. The van der Waals surface area contributed by atoms with Crippen molar-refractivity contribution in [3.63, 3.8) is 0 Å². The molecule has 5 aromatic rings. The van der Waals surface area contributed by atoms with Crippen LogP contribution in [0.1, 0.15) is 38.2 Å². The summed E-state index contributed by atoms with van der Waals surface area (Å²) < 4.78 is 12.9. The number of hydrogen-bond donors (Lipinski definition) is 2. The van der Waals surface area contributed by atoms with Crippen LogP contribution in [0.4, 0.5) is 22.7 Å². The van der Waals surface area contributed by atoms with Gasteiger partial charge < -0.3 is 20.1 Å². The summed E-state index contributed by atoms with van der Waals surface area (Å²) in [5.74, 6) is 0.965. The van der Waals surface area contributed by atoms with Crippen LogP contribution >= 0.6 is 0 Å². The first-order valence-corrected chi connectivity index (χ1v) is 13.0. The van der Waals surface area contributed by atoms with Crippen molar-refractivity contribution >= 4 is 28.7 Å². The Kier molecular flexibility index (Phi) is 5.20. The van der Waals surface area contributed by atoms with Crippen molar-refractivity contribution in [1.82, 2.24) is 0 Å². The molecule has 2 heterocycles. The highest BCUT2D eigenvalue weighted by Crippen LogP contribution is 2.57. The molecule has 2 N–H and O–H groups in total. The number of fused-ring (bicyclic) bond motifs is 6. The Morgan fingerprint density at radius 3 is 2.13 bits per heavy atom. The first kappa shape index (κ1) is 23.1. The van der Waals surface area contributed by atoms with Gasteiger partial charge in [0.25, 0.3) is 0 Å². The van der Waals surface area contributed by atoms with Gasteiger partial charge in [-0.1, -0.05) is 54.1 Å². The molecular weight excluding hydrogens is 484 g/mol. The number of carbonyl (C=O) groups excluding carboxylic acids is 1. The van der Waals surface area contributed by atoms with Gasteiger partial charge in [-0.2, -0.15) is 0 Å². The van der Waals surface area contributed by atoms with Gasteiger partial charge in [0.2, 0.25) is 0 Å². The molecule has 0 radical (unpaired) electrons. The Morgan fingerprint density at radius 1 is 0.615 bits per heavy atom. The smallest absolute Gasteiger partial charge is 0.340 e. The van der Waals surface area contributed by atoms with Crippen molar-refractivity contribution in [2.45, 2.75) is 19.4 Å². The van der Waals surface area contributed by atoms with Gasteiger partial charge in [-0.3, -0.25) is 0 Å². The minimum atomic E-state index is -1.13. The van der Waals surface area contributed by atoms with Gasteiger partial charge in [0.05, 0.1) is 5.56 Å². The lowest BCUT2D eigenvalue weighted by molar-refractivity contribution is 0.0224. The van der Waals surface area contributed by atoms with E-state index in [1.807, 2.05) is 97.9 Å². The van der Waals surface area contributed by atoms with Gasteiger partial charge in [-0.15, -0.1) is 0 Å². The maximum absolute atomic E-state index is 13.2. The molecule has 2 aliphatic heterocycles. The predicted octanol–water partition coefficient (Wildman–Crippen LogP) is 8.36. The van der Waals surface area contributed by atoms with E-state index in [9.17, 15) is 4.79 Å². The third-order valence-electron chi connectivity index (χ3n) is 7.45. The normalized spacial score (nSPS) is 16.5. The highest BCUT2D eigenvalue weighted by Gasteiger charge is 2.53.